The van der Waals surface area contributed by atoms with Crippen molar-refractivity contribution in [1.29, 1.82) is 0 Å². The van der Waals surface area contributed by atoms with E-state index in [0.717, 1.165) is 0 Å². The van der Waals surface area contributed by atoms with E-state index in [1.54, 1.807) is 18.2 Å². The normalized spacial score (nSPS) is 8.80. The first kappa shape index (κ1) is 13.6. The molecule has 0 aromatic heterocycles. The summed E-state index contributed by atoms with van der Waals surface area (Å²) in [6, 6.07) is 8.11. The maximum absolute atomic E-state index is 11.3. The third kappa shape index (κ3) is 4.10. The summed E-state index contributed by atoms with van der Waals surface area (Å²) in [5.41, 5.74) is 0.349. The molecular weight excluding hydrogens is 235 g/mol. The number of carbonyl (C=O) groups is 3. The number of rotatable bonds is 4. The standard InChI is InChI=1S/C10H8O4.V/c11-8(6-9(12)10(13)14)7-4-2-1-3-5-7;/h1-5H,6H2,(H,13,14);. The van der Waals surface area contributed by atoms with E-state index in [1.165, 1.54) is 12.1 Å². The van der Waals surface area contributed by atoms with E-state index in [0.29, 0.717) is 5.56 Å². The van der Waals surface area contributed by atoms with Crippen LogP contribution in [0.5, 0.6) is 0 Å². The number of ketones is 2. The first-order valence-corrected chi connectivity index (χ1v) is 3.95. The molecule has 0 saturated heterocycles. The first-order chi connectivity index (χ1) is 6.61. The molecular formula is C10H8O4V. The molecule has 0 atom stereocenters. The molecule has 1 N–H and O–H groups in total. The Morgan fingerprint density at radius 1 is 1.07 bits per heavy atom. The Morgan fingerprint density at radius 3 is 2.07 bits per heavy atom. The summed E-state index contributed by atoms with van der Waals surface area (Å²) in [5, 5.41) is 8.28. The topological polar surface area (TPSA) is 71.4 Å². The SMILES string of the molecule is O=C(O)C(=O)CC(=O)c1ccccc1.[V]. The van der Waals surface area contributed by atoms with E-state index < -0.39 is 24.0 Å². The van der Waals surface area contributed by atoms with Gasteiger partial charge in [-0.15, -0.1) is 0 Å². The van der Waals surface area contributed by atoms with Crippen molar-refractivity contribution in [2.24, 2.45) is 0 Å². The quantitative estimate of drug-likeness (QED) is 0.484. The van der Waals surface area contributed by atoms with Crippen molar-refractivity contribution in [3.8, 4) is 0 Å². The van der Waals surface area contributed by atoms with E-state index in [-0.39, 0.29) is 18.6 Å². The molecule has 0 heterocycles. The zero-order valence-corrected chi connectivity index (χ0v) is 9.11. The monoisotopic (exact) mass is 243 g/mol. The summed E-state index contributed by atoms with van der Waals surface area (Å²) >= 11 is 0. The van der Waals surface area contributed by atoms with E-state index in [1.807, 2.05) is 0 Å². The Morgan fingerprint density at radius 2 is 1.60 bits per heavy atom. The number of Topliss-reactive ketones (excluding diaryl/α,β-unsaturated/α-hetero) is 2. The molecule has 0 bridgehead atoms. The Kier molecular flexibility index (Phi) is 5.59. The van der Waals surface area contributed by atoms with E-state index in [4.69, 9.17) is 5.11 Å². The van der Waals surface area contributed by atoms with Crippen molar-refractivity contribution < 1.29 is 38.0 Å². The van der Waals surface area contributed by atoms with Crippen LogP contribution in [0.25, 0.3) is 0 Å². The van der Waals surface area contributed by atoms with Gasteiger partial charge < -0.3 is 5.11 Å². The van der Waals surface area contributed by atoms with Gasteiger partial charge in [0.15, 0.2) is 5.78 Å². The average molecular weight is 243 g/mol. The summed E-state index contributed by atoms with van der Waals surface area (Å²) in [7, 11) is 0. The van der Waals surface area contributed by atoms with Gasteiger partial charge in [-0.1, -0.05) is 30.3 Å². The molecule has 4 nitrogen and oxygen atoms in total. The number of carboxylic acids is 1. The summed E-state index contributed by atoms with van der Waals surface area (Å²) in [5.74, 6) is -3.13. The van der Waals surface area contributed by atoms with Crippen molar-refractivity contribution in [3.05, 3.63) is 35.9 Å². The number of carbonyl (C=O) groups excluding carboxylic acids is 2. The molecule has 0 aliphatic heterocycles. The van der Waals surface area contributed by atoms with E-state index >= 15 is 0 Å². The third-order valence-corrected chi connectivity index (χ3v) is 1.66. The molecule has 0 saturated carbocycles. The van der Waals surface area contributed by atoms with Gasteiger partial charge in [-0.25, -0.2) is 4.79 Å². The van der Waals surface area contributed by atoms with Crippen LogP contribution in [-0.2, 0) is 28.1 Å². The van der Waals surface area contributed by atoms with Gasteiger partial charge in [0, 0.05) is 24.1 Å². The van der Waals surface area contributed by atoms with Crippen LogP contribution >= 0.6 is 0 Å². The number of aliphatic carboxylic acids is 1. The average Bonchev–Trinajstić information content (AvgIpc) is 2.19. The van der Waals surface area contributed by atoms with Gasteiger partial charge >= 0.3 is 5.97 Å². The second-order valence-electron chi connectivity index (χ2n) is 2.69. The van der Waals surface area contributed by atoms with Crippen molar-refractivity contribution in [2.75, 3.05) is 0 Å². The van der Waals surface area contributed by atoms with Crippen LogP contribution in [0.2, 0.25) is 0 Å². The van der Waals surface area contributed by atoms with E-state index in [2.05, 4.69) is 0 Å². The fourth-order valence-corrected chi connectivity index (χ4v) is 0.948. The molecule has 0 unspecified atom stereocenters. The number of benzene rings is 1. The first-order valence-electron chi connectivity index (χ1n) is 3.95. The summed E-state index contributed by atoms with van der Waals surface area (Å²) in [6.07, 6.45) is -0.584. The fourth-order valence-electron chi connectivity index (χ4n) is 0.948. The number of hydrogen-bond donors (Lipinski definition) is 1. The van der Waals surface area contributed by atoms with Gasteiger partial charge in [-0.05, 0) is 0 Å². The minimum absolute atomic E-state index is 0. The molecule has 1 aromatic carbocycles. The van der Waals surface area contributed by atoms with Crippen molar-refractivity contribution in [2.45, 2.75) is 6.42 Å². The van der Waals surface area contributed by atoms with Crippen LogP contribution in [0, 0.1) is 0 Å². The van der Waals surface area contributed by atoms with Crippen LogP contribution in [0.1, 0.15) is 16.8 Å². The fraction of sp³-hybridized carbons (Fsp3) is 0.100. The van der Waals surface area contributed by atoms with Gasteiger partial charge in [-0.2, -0.15) is 0 Å². The van der Waals surface area contributed by atoms with E-state index in [9.17, 15) is 14.4 Å². The zero-order valence-electron chi connectivity index (χ0n) is 7.71. The van der Waals surface area contributed by atoms with Gasteiger partial charge in [0.05, 0.1) is 6.42 Å². The molecule has 0 fully saturated rings. The molecule has 1 radical (unpaired) electrons. The maximum atomic E-state index is 11.3. The zero-order chi connectivity index (χ0) is 10.6. The second kappa shape index (κ2) is 6.16. The maximum Gasteiger partial charge on any atom is 0.372 e. The van der Waals surface area contributed by atoms with Crippen LogP contribution in [-0.4, -0.2) is 22.6 Å². The van der Waals surface area contributed by atoms with Crippen LogP contribution in [0.4, 0.5) is 0 Å². The molecule has 0 spiro atoms. The smallest absolute Gasteiger partial charge is 0.372 e. The molecule has 0 amide bonds. The molecule has 1 rings (SSSR count). The predicted molar refractivity (Wildman–Crippen MR) is 48.0 cm³/mol. The van der Waals surface area contributed by atoms with Gasteiger partial charge in [0.25, 0.3) is 0 Å². The van der Waals surface area contributed by atoms with Crippen LogP contribution in [0.15, 0.2) is 30.3 Å². The summed E-state index contributed by atoms with van der Waals surface area (Å²) in [6.45, 7) is 0. The largest absolute Gasteiger partial charge is 0.475 e. The van der Waals surface area contributed by atoms with Gasteiger partial charge in [0.2, 0.25) is 5.78 Å². The molecule has 1 aromatic rings. The van der Waals surface area contributed by atoms with Crippen LogP contribution < -0.4 is 0 Å². The molecule has 0 aliphatic rings. The number of hydrogen-bond acceptors (Lipinski definition) is 3. The van der Waals surface area contributed by atoms with Gasteiger partial charge in [0.1, 0.15) is 0 Å². The number of carboxylic acid groups (broad SMARTS) is 1. The Bertz CT molecular complexity index is 372. The van der Waals surface area contributed by atoms with Crippen LogP contribution in [0.3, 0.4) is 0 Å². The van der Waals surface area contributed by atoms with Crippen molar-refractivity contribution in [1.82, 2.24) is 0 Å². The molecule has 0 aliphatic carbocycles. The van der Waals surface area contributed by atoms with Gasteiger partial charge in [-0.3, -0.25) is 9.59 Å². The second-order valence-corrected chi connectivity index (χ2v) is 2.69. The third-order valence-electron chi connectivity index (χ3n) is 1.66. The minimum Gasteiger partial charge on any atom is -0.475 e. The Balaban J connectivity index is 0.00000196. The summed E-state index contributed by atoms with van der Waals surface area (Å²) in [4.78, 5) is 32.1. The van der Waals surface area contributed by atoms with Crippen molar-refractivity contribution in [3.63, 3.8) is 0 Å². The van der Waals surface area contributed by atoms with Crippen molar-refractivity contribution >= 4 is 17.5 Å². The Hall–Kier alpha value is -1.39. The predicted octanol–water partition coefficient (Wildman–Crippen LogP) is 0.911. The summed E-state index contributed by atoms with van der Waals surface area (Å²) < 4.78 is 0. The molecule has 77 valence electrons. The molecule has 5 heteroatoms. The minimum atomic E-state index is -1.57. The molecule has 15 heavy (non-hydrogen) atoms. The Labute approximate surface area is 98.2 Å².